The number of aryl methyl sites for hydroxylation is 1. The molecule has 7 heteroatoms. The molecule has 0 spiro atoms. The molecule has 6 nitrogen and oxygen atoms in total. The number of rotatable bonds is 6. The largest absolute Gasteiger partial charge is 0.463 e. The number of benzene rings is 1. The molecule has 0 aliphatic rings. The van der Waals surface area contributed by atoms with Crippen molar-refractivity contribution in [1.82, 2.24) is 15.2 Å². The molecule has 0 aliphatic heterocycles. The first-order valence-corrected chi connectivity index (χ1v) is 7.21. The number of thioether (sulfide) groups is 1. The fourth-order valence-corrected chi connectivity index (χ4v) is 2.36. The number of hydrogen-bond acceptors (Lipinski definition) is 5. The van der Waals surface area contributed by atoms with Gasteiger partial charge >= 0.3 is 6.01 Å². The minimum absolute atomic E-state index is 0.141. The van der Waals surface area contributed by atoms with Crippen LogP contribution in [0.5, 0.6) is 6.01 Å². The van der Waals surface area contributed by atoms with Crippen LogP contribution in [0.3, 0.4) is 0 Å². The number of amides is 1. The molecule has 0 fully saturated rings. The van der Waals surface area contributed by atoms with E-state index in [0.717, 1.165) is 10.5 Å². The van der Waals surface area contributed by atoms with E-state index in [1.165, 1.54) is 11.8 Å². The van der Waals surface area contributed by atoms with E-state index in [-0.39, 0.29) is 11.9 Å². The lowest BCUT2D eigenvalue weighted by Crippen LogP contribution is -2.15. The first-order chi connectivity index (χ1) is 9.69. The Labute approximate surface area is 121 Å². The Bertz CT molecular complexity index is 585. The van der Waals surface area contributed by atoms with E-state index in [2.05, 4.69) is 20.5 Å². The van der Waals surface area contributed by atoms with E-state index >= 15 is 0 Å². The second-order valence-corrected chi connectivity index (χ2v) is 5.02. The van der Waals surface area contributed by atoms with Gasteiger partial charge in [0.05, 0.1) is 12.4 Å². The maximum atomic E-state index is 11.8. The van der Waals surface area contributed by atoms with Crippen LogP contribution in [-0.2, 0) is 4.79 Å². The molecular weight excluding hydrogens is 276 g/mol. The number of anilines is 1. The minimum Gasteiger partial charge on any atom is -0.463 e. The van der Waals surface area contributed by atoms with Crippen molar-refractivity contribution in [3.05, 3.63) is 29.8 Å². The number of carbonyl (C=O) groups is 1. The van der Waals surface area contributed by atoms with Gasteiger partial charge in [0, 0.05) is 4.90 Å². The van der Waals surface area contributed by atoms with Gasteiger partial charge in [0.25, 0.3) is 0 Å². The number of carbonyl (C=O) groups excluding carboxylic acids is 1. The zero-order valence-electron chi connectivity index (χ0n) is 11.3. The van der Waals surface area contributed by atoms with Crippen molar-refractivity contribution in [3.8, 4) is 6.01 Å². The van der Waals surface area contributed by atoms with E-state index in [0.29, 0.717) is 18.3 Å². The third-order valence-electron chi connectivity index (χ3n) is 2.45. The summed E-state index contributed by atoms with van der Waals surface area (Å²) in [4.78, 5) is 16.9. The Hall–Kier alpha value is -2.02. The third kappa shape index (κ3) is 3.99. The van der Waals surface area contributed by atoms with Crippen LogP contribution >= 0.6 is 11.8 Å². The fraction of sp³-hybridized carbons (Fsp3) is 0.308. The SMILES string of the molecule is CCOc1n[nH]c(NC(=O)CSc2ccccc2C)n1. The van der Waals surface area contributed by atoms with Gasteiger partial charge in [0.15, 0.2) is 0 Å². The Balaban J connectivity index is 1.84. The molecule has 1 aromatic carbocycles. The van der Waals surface area contributed by atoms with E-state index in [1.807, 2.05) is 38.1 Å². The molecule has 0 atom stereocenters. The number of nitrogens with one attached hydrogen (secondary N) is 2. The van der Waals surface area contributed by atoms with Gasteiger partial charge in [-0.15, -0.1) is 16.9 Å². The summed E-state index contributed by atoms with van der Waals surface area (Å²) in [5.74, 6) is 0.469. The van der Waals surface area contributed by atoms with E-state index in [9.17, 15) is 4.79 Å². The molecule has 2 aromatic rings. The summed E-state index contributed by atoms with van der Waals surface area (Å²) < 4.78 is 5.10. The lowest BCUT2D eigenvalue weighted by Gasteiger charge is -2.04. The number of aromatic nitrogens is 3. The molecule has 106 valence electrons. The summed E-state index contributed by atoms with van der Waals surface area (Å²) in [5, 5.41) is 9.06. The molecule has 0 aliphatic carbocycles. The van der Waals surface area contributed by atoms with Gasteiger partial charge < -0.3 is 4.74 Å². The van der Waals surface area contributed by atoms with Crippen LogP contribution in [0.1, 0.15) is 12.5 Å². The van der Waals surface area contributed by atoms with Gasteiger partial charge in [-0.2, -0.15) is 4.98 Å². The molecule has 0 unspecified atom stereocenters. The number of hydrogen-bond donors (Lipinski definition) is 2. The summed E-state index contributed by atoms with van der Waals surface area (Å²) in [6.07, 6.45) is 0. The second-order valence-electron chi connectivity index (χ2n) is 4.00. The zero-order chi connectivity index (χ0) is 14.4. The van der Waals surface area contributed by atoms with Gasteiger partial charge in [-0.1, -0.05) is 18.2 Å². The Kier molecular flexibility index (Phi) is 5.00. The summed E-state index contributed by atoms with van der Waals surface area (Å²) in [6.45, 7) is 4.34. The molecule has 1 amide bonds. The molecule has 0 radical (unpaired) electrons. The summed E-state index contributed by atoms with van der Waals surface area (Å²) in [6, 6.07) is 8.18. The molecular formula is C13H16N4O2S. The standard InChI is InChI=1S/C13H16N4O2S/c1-3-19-13-15-12(16-17-13)14-11(18)8-20-10-7-5-4-6-9(10)2/h4-7H,3,8H2,1-2H3,(H2,14,15,16,17,18). The first-order valence-electron chi connectivity index (χ1n) is 6.22. The van der Waals surface area contributed by atoms with Crippen molar-refractivity contribution in [2.24, 2.45) is 0 Å². The minimum atomic E-state index is -0.141. The zero-order valence-corrected chi connectivity index (χ0v) is 12.2. The molecule has 20 heavy (non-hydrogen) atoms. The lowest BCUT2D eigenvalue weighted by molar-refractivity contribution is -0.113. The average Bonchev–Trinajstić information content (AvgIpc) is 2.85. The summed E-state index contributed by atoms with van der Waals surface area (Å²) >= 11 is 1.49. The van der Waals surface area contributed by atoms with Crippen molar-refractivity contribution < 1.29 is 9.53 Å². The number of nitrogens with zero attached hydrogens (tertiary/aromatic N) is 2. The highest BCUT2D eigenvalue weighted by molar-refractivity contribution is 8.00. The molecule has 0 bridgehead atoms. The maximum absolute atomic E-state index is 11.8. The quantitative estimate of drug-likeness (QED) is 0.798. The van der Waals surface area contributed by atoms with E-state index in [4.69, 9.17) is 4.74 Å². The van der Waals surface area contributed by atoms with Crippen molar-refractivity contribution in [2.45, 2.75) is 18.7 Å². The van der Waals surface area contributed by atoms with Gasteiger partial charge in [-0.25, -0.2) is 5.10 Å². The molecule has 0 saturated carbocycles. The Morgan fingerprint density at radius 1 is 1.45 bits per heavy atom. The van der Waals surface area contributed by atoms with Gasteiger partial charge in [0.2, 0.25) is 11.9 Å². The highest BCUT2D eigenvalue weighted by Crippen LogP contribution is 2.21. The normalized spacial score (nSPS) is 10.3. The number of ether oxygens (including phenoxy) is 1. The van der Waals surface area contributed by atoms with Crippen molar-refractivity contribution >= 4 is 23.6 Å². The summed E-state index contributed by atoms with van der Waals surface area (Å²) in [5.41, 5.74) is 1.16. The van der Waals surface area contributed by atoms with Crippen LogP contribution in [0.25, 0.3) is 0 Å². The maximum Gasteiger partial charge on any atom is 0.337 e. The van der Waals surface area contributed by atoms with Crippen LogP contribution in [-0.4, -0.2) is 33.4 Å². The second kappa shape index (κ2) is 6.95. The smallest absolute Gasteiger partial charge is 0.337 e. The molecule has 1 heterocycles. The van der Waals surface area contributed by atoms with Crippen LogP contribution in [0, 0.1) is 6.92 Å². The Morgan fingerprint density at radius 3 is 3.00 bits per heavy atom. The van der Waals surface area contributed by atoms with E-state index < -0.39 is 0 Å². The number of aromatic amines is 1. The molecule has 0 saturated heterocycles. The topological polar surface area (TPSA) is 79.9 Å². The first kappa shape index (κ1) is 14.4. The van der Waals surface area contributed by atoms with Crippen molar-refractivity contribution in [3.63, 3.8) is 0 Å². The van der Waals surface area contributed by atoms with Crippen LogP contribution < -0.4 is 10.1 Å². The lowest BCUT2D eigenvalue weighted by atomic mass is 10.2. The van der Waals surface area contributed by atoms with Crippen LogP contribution in [0.4, 0.5) is 5.95 Å². The predicted octanol–water partition coefficient (Wildman–Crippen LogP) is 2.24. The van der Waals surface area contributed by atoms with Gasteiger partial charge in [-0.05, 0) is 25.5 Å². The Morgan fingerprint density at radius 2 is 2.25 bits per heavy atom. The number of H-pyrrole nitrogens is 1. The monoisotopic (exact) mass is 292 g/mol. The van der Waals surface area contributed by atoms with Gasteiger partial charge in [0.1, 0.15) is 0 Å². The third-order valence-corrected chi connectivity index (χ3v) is 3.62. The van der Waals surface area contributed by atoms with Gasteiger partial charge in [-0.3, -0.25) is 10.1 Å². The highest BCUT2D eigenvalue weighted by atomic mass is 32.2. The average molecular weight is 292 g/mol. The van der Waals surface area contributed by atoms with Crippen LogP contribution in [0.15, 0.2) is 29.2 Å². The van der Waals surface area contributed by atoms with Crippen molar-refractivity contribution in [1.29, 1.82) is 0 Å². The summed E-state index contributed by atoms with van der Waals surface area (Å²) in [7, 11) is 0. The molecule has 2 rings (SSSR count). The van der Waals surface area contributed by atoms with E-state index in [1.54, 1.807) is 0 Å². The highest BCUT2D eigenvalue weighted by Gasteiger charge is 2.09. The molecule has 1 aromatic heterocycles. The predicted molar refractivity (Wildman–Crippen MR) is 78.1 cm³/mol. The fourth-order valence-electron chi connectivity index (χ4n) is 1.53. The van der Waals surface area contributed by atoms with Crippen molar-refractivity contribution in [2.75, 3.05) is 17.7 Å². The molecule has 2 N–H and O–H groups in total. The van der Waals surface area contributed by atoms with Crippen LogP contribution in [0.2, 0.25) is 0 Å².